The molecule has 0 radical (unpaired) electrons. The monoisotopic (exact) mass is 268 g/mol. The average Bonchev–Trinajstić information content (AvgIpc) is 2.49. The van der Waals surface area contributed by atoms with E-state index in [1.165, 1.54) is 16.7 Å². The van der Waals surface area contributed by atoms with Crippen LogP contribution in [0.4, 0.5) is 0 Å². The first kappa shape index (κ1) is 14.8. The third-order valence-corrected chi connectivity index (χ3v) is 3.61. The van der Waals surface area contributed by atoms with Gasteiger partial charge in [-0.1, -0.05) is 54.6 Å². The highest BCUT2D eigenvalue weighted by Gasteiger charge is 2.14. The van der Waals surface area contributed by atoms with E-state index in [-0.39, 0.29) is 6.04 Å². The fraction of sp³-hybridized carbons (Fsp3) is 0.333. The number of benzene rings is 2. The van der Waals surface area contributed by atoms with Crippen LogP contribution in [0.15, 0.2) is 54.6 Å². The molecule has 0 spiro atoms. The Morgan fingerprint density at radius 1 is 0.950 bits per heavy atom. The van der Waals surface area contributed by atoms with Gasteiger partial charge in [0, 0.05) is 0 Å². The van der Waals surface area contributed by atoms with Crippen LogP contribution in [-0.2, 0) is 0 Å². The normalized spacial score (nSPS) is 12.3. The van der Waals surface area contributed by atoms with Crippen molar-refractivity contribution in [3.8, 4) is 0 Å². The molecular formula is C18H24N2. The zero-order chi connectivity index (χ0) is 14.2. The number of rotatable bonds is 7. The number of nitrogens with two attached hydrogens (primary N) is 1. The van der Waals surface area contributed by atoms with Gasteiger partial charge in [-0.2, -0.15) is 0 Å². The van der Waals surface area contributed by atoms with Gasteiger partial charge in [-0.25, -0.2) is 0 Å². The van der Waals surface area contributed by atoms with Crippen LogP contribution in [0.5, 0.6) is 0 Å². The fourth-order valence-corrected chi connectivity index (χ4v) is 2.48. The molecule has 2 nitrogen and oxygen atoms in total. The lowest BCUT2D eigenvalue weighted by molar-refractivity contribution is 0.570. The Morgan fingerprint density at radius 3 is 2.35 bits per heavy atom. The van der Waals surface area contributed by atoms with Crippen molar-refractivity contribution in [2.45, 2.75) is 25.8 Å². The van der Waals surface area contributed by atoms with Crippen molar-refractivity contribution >= 4 is 0 Å². The fourth-order valence-electron chi connectivity index (χ4n) is 2.48. The van der Waals surface area contributed by atoms with Crippen molar-refractivity contribution < 1.29 is 0 Å². The first-order valence-corrected chi connectivity index (χ1v) is 7.37. The van der Waals surface area contributed by atoms with Crippen LogP contribution in [0.25, 0.3) is 0 Å². The Balaban J connectivity index is 2.19. The summed E-state index contributed by atoms with van der Waals surface area (Å²) in [5, 5.41) is 3.67. The first-order valence-electron chi connectivity index (χ1n) is 7.37. The molecule has 0 amide bonds. The maximum atomic E-state index is 5.56. The minimum absolute atomic E-state index is 0.259. The second-order valence-corrected chi connectivity index (χ2v) is 5.15. The Morgan fingerprint density at radius 2 is 1.65 bits per heavy atom. The van der Waals surface area contributed by atoms with Gasteiger partial charge < -0.3 is 11.1 Å². The summed E-state index contributed by atoms with van der Waals surface area (Å²) in [5.41, 5.74) is 9.56. The van der Waals surface area contributed by atoms with Crippen molar-refractivity contribution in [3.63, 3.8) is 0 Å². The number of nitrogens with one attached hydrogen (secondary N) is 1. The first-order chi connectivity index (χ1) is 9.83. The summed E-state index contributed by atoms with van der Waals surface area (Å²) in [4.78, 5) is 0. The van der Waals surface area contributed by atoms with E-state index < -0.39 is 0 Å². The van der Waals surface area contributed by atoms with Crippen LogP contribution in [0.3, 0.4) is 0 Å². The summed E-state index contributed by atoms with van der Waals surface area (Å²) in [6.45, 7) is 3.93. The molecule has 0 heterocycles. The molecule has 2 rings (SSSR count). The highest BCUT2D eigenvalue weighted by molar-refractivity contribution is 5.36. The quantitative estimate of drug-likeness (QED) is 0.755. The van der Waals surface area contributed by atoms with Crippen LogP contribution in [0.1, 0.15) is 35.6 Å². The molecule has 2 heteroatoms. The highest BCUT2D eigenvalue weighted by atomic mass is 14.9. The van der Waals surface area contributed by atoms with Gasteiger partial charge in [0.1, 0.15) is 0 Å². The van der Waals surface area contributed by atoms with Crippen molar-refractivity contribution in [1.29, 1.82) is 0 Å². The van der Waals surface area contributed by atoms with Gasteiger partial charge in [-0.05, 0) is 49.5 Å². The number of hydrogen-bond donors (Lipinski definition) is 2. The van der Waals surface area contributed by atoms with E-state index in [1.54, 1.807) is 0 Å². The molecule has 3 N–H and O–H groups in total. The number of unbranched alkanes of at least 4 members (excludes halogenated alkanes) is 1. The summed E-state index contributed by atoms with van der Waals surface area (Å²) >= 11 is 0. The van der Waals surface area contributed by atoms with Gasteiger partial charge in [-0.3, -0.25) is 0 Å². The predicted octanol–water partition coefficient (Wildman–Crippen LogP) is 3.41. The molecule has 1 unspecified atom stereocenters. The lowest BCUT2D eigenvalue weighted by atomic mass is 9.95. The number of aryl methyl sites for hydroxylation is 1. The van der Waals surface area contributed by atoms with E-state index in [0.717, 1.165) is 25.9 Å². The molecule has 106 valence electrons. The smallest absolute Gasteiger partial charge is 0.0579 e. The third-order valence-electron chi connectivity index (χ3n) is 3.61. The van der Waals surface area contributed by atoms with Crippen molar-refractivity contribution in [2.24, 2.45) is 5.73 Å². The summed E-state index contributed by atoms with van der Waals surface area (Å²) in [6, 6.07) is 19.5. The molecule has 0 saturated heterocycles. The van der Waals surface area contributed by atoms with E-state index in [0.29, 0.717) is 0 Å². The van der Waals surface area contributed by atoms with Crippen molar-refractivity contribution in [1.82, 2.24) is 5.32 Å². The Kier molecular flexibility index (Phi) is 5.78. The van der Waals surface area contributed by atoms with Crippen molar-refractivity contribution in [2.75, 3.05) is 13.1 Å². The molecular weight excluding hydrogens is 244 g/mol. The molecule has 0 bridgehead atoms. The molecule has 1 atom stereocenters. The maximum Gasteiger partial charge on any atom is 0.0579 e. The van der Waals surface area contributed by atoms with Gasteiger partial charge in [-0.15, -0.1) is 0 Å². The lowest BCUT2D eigenvalue weighted by Crippen LogP contribution is -2.24. The molecule has 0 aliphatic heterocycles. The van der Waals surface area contributed by atoms with E-state index >= 15 is 0 Å². The minimum Gasteiger partial charge on any atom is -0.330 e. The van der Waals surface area contributed by atoms with Crippen LogP contribution < -0.4 is 11.1 Å². The van der Waals surface area contributed by atoms with Gasteiger partial charge in [0.05, 0.1) is 6.04 Å². The van der Waals surface area contributed by atoms with Crippen LogP contribution in [0.2, 0.25) is 0 Å². The zero-order valence-electron chi connectivity index (χ0n) is 12.2. The maximum absolute atomic E-state index is 5.56. The van der Waals surface area contributed by atoms with E-state index in [2.05, 4.69) is 66.8 Å². The molecule has 0 aliphatic rings. The minimum atomic E-state index is 0.259. The molecule has 0 aliphatic carbocycles. The second-order valence-electron chi connectivity index (χ2n) is 5.15. The molecule has 0 fully saturated rings. The molecule has 2 aromatic carbocycles. The topological polar surface area (TPSA) is 38.0 Å². The second kappa shape index (κ2) is 7.83. The third kappa shape index (κ3) is 3.92. The molecule has 2 aromatic rings. The van der Waals surface area contributed by atoms with E-state index in [9.17, 15) is 0 Å². The van der Waals surface area contributed by atoms with Crippen LogP contribution in [0, 0.1) is 6.92 Å². The van der Waals surface area contributed by atoms with E-state index in [1.807, 2.05) is 0 Å². The molecule has 0 saturated carbocycles. The zero-order valence-corrected chi connectivity index (χ0v) is 12.2. The Labute approximate surface area is 122 Å². The molecule has 0 aromatic heterocycles. The van der Waals surface area contributed by atoms with E-state index in [4.69, 9.17) is 5.73 Å². The SMILES string of the molecule is Cc1ccccc1C(NCCCCN)c1ccccc1. The Hall–Kier alpha value is -1.64. The van der Waals surface area contributed by atoms with Gasteiger partial charge in [0.25, 0.3) is 0 Å². The molecule has 20 heavy (non-hydrogen) atoms. The summed E-state index contributed by atoms with van der Waals surface area (Å²) in [5.74, 6) is 0. The number of hydrogen-bond acceptors (Lipinski definition) is 2. The highest BCUT2D eigenvalue weighted by Crippen LogP contribution is 2.24. The summed E-state index contributed by atoms with van der Waals surface area (Å²) in [6.07, 6.45) is 2.19. The van der Waals surface area contributed by atoms with Crippen molar-refractivity contribution in [3.05, 3.63) is 71.3 Å². The summed E-state index contributed by atoms with van der Waals surface area (Å²) < 4.78 is 0. The lowest BCUT2D eigenvalue weighted by Gasteiger charge is -2.21. The standard InChI is InChI=1S/C18H24N2/c1-15-9-5-6-12-17(15)18(20-14-8-7-13-19)16-10-3-2-4-11-16/h2-6,9-12,18,20H,7-8,13-14,19H2,1H3. The Bertz CT molecular complexity index is 508. The van der Waals surface area contributed by atoms with Gasteiger partial charge in [0.2, 0.25) is 0 Å². The van der Waals surface area contributed by atoms with Gasteiger partial charge >= 0.3 is 0 Å². The largest absolute Gasteiger partial charge is 0.330 e. The van der Waals surface area contributed by atoms with Crippen LogP contribution in [-0.4, -0.2) is 13.1 Å². The summed E-state index contributed by atoms with van der Waals surface area (Å²) in [7, 11) is 0. The average molecular weight is 268 g/mol. The predicted molar refractivity (Wildman–Crippen MR) is 85.8 cm³/mol. The van der Waals surface area contributed by atoms with Crippen LogP contribution >= 0.6 is 0 Å². The van der Waals surface area contributed by atoms with Gasteiger partial charge in [0.15, 0.2) is 0 Å².